The molecule has 13 heteroatoms. The number of nitrogens with one attached hydrogen (secondary N) is 3. The largest absolute Gasteiger partial charge is 0.461 e. The Morgan fingerprint density at radius 1 is 1.09 bits per heavy atom. The van der Waals surface area contributed by atoms with E-state index in [9.17, 15) is 15.0 Å². The van der Waals surface area contributed by atoms with E-state index in [0.717, 1.165) is 29.4 Å². The first-order valence-electron chi connectivity index (χ1n) is 15.3. The van der Waals surface area contributed by atoms with Crippen molar-refractivity contribution in [2.24, 2.45) is 10.7 Å². The first-order chi connectivity index (χ1) is 21.4. The Morgan fingerprint density at radius 3 is 2.68 bits per heavy atom. The number of carbonyl (C=O) groups excluding carboxylic acids is 1. The molecule has 0 bridgehead atoms. The minimum absolute atomic E-state index is 0.187. The molecule has 2 fully saturated rings. The van der Waals surface area contributed by atoms with Gasteiger partial charge in [-0.3, -0.25) is 25.3 Å². The number of hydrogen-bond donors (Lipinski definition) is 6. The summed E-state index contributed by atoms with van der Waals surface area (Å²) >= 11 is 6.00. The van der Waals surface area contributed by atoms with Crippen LogP contribution in [0, 0.1) is 0 Å². The number of nitrogens with two attached hydrogens (primary N) is 1. The van der Waals surface area contributed by atoms with Gasteiger partial charge in [0.25, 0.3) is 0 Å². The molecule has 5 rings (SSSR count). The first-order valence-corrected chi connectivity index (χ1v) is 15.7. The van der Waals surface area contributed by atoms with Gasteiger partial charge in [0, 0.05) is 31.1 Å². The van der Waals surface area contributed by atoms with Crippen LogP contribution in [0.25, 0.3) is 0 Å². The number of amidine groups is 1. The second kappa shape index (κ2) is 16.1. The van der Waals surface area contributed by atoms with Crippen molar-refractivity contribution in [1.82, 2.24) is 25.8 Å². The van der Waals surface area contributed by atoms with Gasteiger partial charge in [0.05, 0.1) is 25.5 Å². The van der Waals surface area contributed by atoms with Crippen LogP contribution in [0.15, 0.2) is 59.6 Å². The van der Waals surface area contributed by atoms with E-state index >= 15 is 0 Å². The number of hydrogen-bond acceptors (Lipinski definition) is 12. The Morgan fingerprint density at radius 2 is 1.89 bits per heavy atom. The van der Waals surface area contributed by atoms with Crippen molar-refractivity contribution in [3.05, 3.63) is 70.7 Å². The monoisotopic (exact) mass is 629 g/mol. The average molecular weight is 630 g/mol. The van der Waals surface area contributed by atoms with Gasteiger partial charge in [-0.1, -0.05) is 54.1 Å². The second-order valence-corrected chi connectivity index (χ2v) is 11.9. The molecule has 3 aliphatic heterocycles. The van der Waals surface area contributed by atoms with Crippen LogP contribution in [0.4, 0.5) is 0 Å². The van der Waals surface area contributed by atoms with E-state index < -0.39 is 24.5 Å². The lowest BCUT2D eigenvalue weighted by atomic mass is 10.1. The molecule has 0 spiro atoms. The highest BCUT2D eigenvalue weighted by Crippen LogP contribution is 2.28. The number of halogens is 1. The molecule has 12 nitrogen and oxygen atoms in total. The maximum atomic E-state index is 12.4. The third kappa shape index (κ3) is 8.75. The SMILES string of the molecule is NC1NCN=C2C1NCN2[C@@H]1O[C@H](CN(CCCC(=O)OCc2ccccc2)CCNCCc2ccc(Cl)cc2)[C@@H](O)[C@H]1O. The van der Waals surface area contributed by atoms with Gasteiger partial charge in [0.15, 0.2) is 6.23 Å². The highest BCUT2D eigenvalue weighted by atomic mass is 35.5. The highest BCUT2D eigenvalue weighted by Gasteiger charge is 2.50. The fourth-order valence-electron chi connectivity index (χ4n) is 5.78. The number of carbonyl (C=O) groups is 1. The van der Waals surface area contributed by atoms with Crippen molar-refractivity contribution in [2.75, 3.05) is 46.1 Å². The van der Waals surface area contributed by atoms with E-state index in [0.29, 0.717) is 45.9 Å². The second-order valence-electron chi connectivity index (χ2n) is 11.4. The summed E-state index contributed by atoms with van der Waals surface area (Å²) in [5.74, 6) is 0.475. The summed E-state index contributed by atoms with van der Waals surface area (Å²) in [6, 6.07) is 17.2. The molecule has 7 N–H and O–H groups in total. The lowest BCUT2D eigenvalue weighted by molar-refractivity contribution is -0.145. The summed E-state index contributed by atoms with van der Waals surface area (Å²) in [7, 11) is 0. The van der Waals surface area contributed by atoms with Crippen molar-refractivity contribution < 1.29 is 24.5 Å². The van der Waals surface area contributed by atoms with Gasteiger partial charge in [-0.25, -0.2) is 0 Å². The van der Waals surface area contributed by atoms with Crippen LogP contribution < -0.4 is 21.7 Å². The van der Waals surface area contributed by atoms with E-state index in [4.69, 9.17) is 26.8 Å². The molecule has 0 saturated carbocycles. The molecule has 44 heavy (non-hydrogen) atoms. The van der Waals surface area contributed by atoms with Gasteiger partial charge < -0.3 is 35.6 Å². The van der Waals surface area contributed by atoms with E-state index in [1.165, 1.54) is 5.56 Å². The molecule has 2 aromatic rings. The van der Waals surface area contributed by atoms with Gasteiger partial charge in [-0.15, -0.1) is 0 Å². The van der Waals surface area contributed by atoms with E-state index in [-0.39, 0.29) is 31.2 Å². The van der Waals surface area contributed by atoms with E-state index in [2.05, 4.69) is 25.8 Å². The summed E-state index contributed by atoms with van der Waals surface area (Å²) in [6.07, 6.45) is -2.11. The van der Waals surface area contributed by atoms with Crippen molar-refractivity contribution in [3.63, 3.8) is 0 Å². The maximum Gasteiger partial charge on any atom is 0.306 e. The van der Waals surface area contributed by atoms with Gasteiger partial charge in [-0.2, -0.15) is 0 Å². The third-order valence-corrected chi connectivity index (χ3v) is 8.52. The van der Waals surface area contributed by atoms with Crippen LogP contribution in [0.1, 0.15) is 24.0 Å². The predicted octanol–water partition coefficient (Wildman–Crippen LogP) is 0.220. The number of nitrogens with zero attached hydrogens (tertiary/aromatic N) is 3. The highest BCUT2D eigenvalue weighted by molar-refractivity contribution is 6.30. The molecule has 3 aliphatic rings. The molecule has 2 saturated heterocycles. The number of esters is 1. The molecule has 0 aromatic heterocycles. The van der Waals surface area contributed by atoms with Gasteiger partial charge in [-0.05, 0) is 49.2 Å². The molecular formula is C31H44ClN7O5. The summed E-state index contributed by atoms with van der Waals surface area (Å²) in [6.45, 7) is 4.22. The Kier molecular flexibility index (Phi) is 12.0. The number of benzene rings is 2. The smallest absolute Gasteiger partial charge is 0.306 e. The number of aliphatic hydroxyl groups is 2. The van der Waals surface area contributed by atoms with Crippen molar-refractivity contribution in [3.8, 4) is 0 Å². The van der Waals surface area contributed by atoms with Crippen LogP contribution in [-0.4, -0.2) is 115 Å². The molecule has 2 aromatic carbocycles. The average Bonchev–Trinajstić information content (AvgIpc) is 3.58. The van der Waals surface area contributed by atoms with E-state index in [1.807, 2.05) is 59.5 Å². The van der Waals surface area contributed by atoms with E-state index in [1.54, 1.807) is 0 Å². The standard InChI is InChI=1S/C31H44ClN7O5/c32-23-10-8-21(9-11-23)12-13-34-14-16-38(15-4-7-25(40)43-18-22-5-2-1-3-6-22)17-24-27(41)28(42)31(44-24)39-20-37-26-29(33)35-19-36-30(26)39/h1-3,5-6,8-11,24,26-29,31,34-35,37,41-42H,4,7,12-20,33H2/t24-,26?,27-,28-,29?,31-/m1/s1. The summed E-state index contributed by atoms with van der Waals surface area (Å²) in [5.41, 5.74) is 8.33. The van der Waals surface area contributed by atoms with Crippen molar-refractivity contribution >= 4 is 23.4 Å². The predicted molar refractivity (Wildman–Crippen MR) is 168 cm³/mol. The lowest BCUT2D eigenvalue weighted by Crippen LogP contribution is -2.58. The molecule has 0 radical (unpaired) electrons. The fraction of sp³-hybridized carbons (Fsp3) is 0.548. The summed E-state index contributed by atoms with van der Waals surface area (Å²) < 4.78 is 11.7. The summed E-state index contributed by atoms with van der Waals surface area (Å²) in [5, 5.41) is 32.6. The van der Waals surface area contributed by atoms with Crippen LogP contribution in [0.3, 0.4) is 0 Å². The third-order valence-electron chi connectivity index (χ3n) is 8.27. The molecule has 0 amide bonds. The van der Waals surface area contributed by atoms with Gasteiger partial charge in [0.2, 0.25) is 0 Å². The Bertz CT molecular complexity index is 1220. The topological polar surface area (TPSA) is 157 Å². The van der Waals surface area contributed by atoms with Crippen molar-refractivity contribution in [2.45, 2.75) is 62.6 Å². The minimum atomic E-state index is -1.11. The zero-order chi connectivity index (χ0) is 30.9. The number of fused-ring (bicyclic) bond motifs is 1. The molecule has 3 heterocycles. The normalized spacial score (nSPS) is 26.6. The Labute approximate surface area is 263 Å². The number of rotatable bonds is 15. The number of ether oxygens (including phenoxy) is 2. The lowest BCUT2D eigenvalue weighted by Gasteiger charge is -2.32. The van der Waals surface area contributed by atoms with Crippen LogP contribution >= 0.6 is 11.6 Å². The maximum absolute atomic E-state index is 12.4. The Balaban J connectivity index is 1.13. The molecule has 240 valence electrons. The van der Waals surface area contributed by atoms with Gasteiger partial charge in [0.1, 0.15) is 30.8 Å². The quantitative estimate of drug-likeness (QED) is 0.118. The Hall–Kier alpha value is -2.65. The zero-order valence-electron chi connectivity index (χ0n) is 24.9. The fourth-order valence-corrected chi connectivity index (χ4v) is 5.91. The van der Waals surface area contributed by atoms with Crippen LogP contribution in [-0.2, 0) is 27.3 Å². The van der Waals surface area contributed by atoms with Crippen LogP contribution in [0.5, 0.6) is 0 Å². The zero-order valence-corrected chi connectivity index (χ0v) is 25.6. The number of aliphatic hydroxyl groups excluding tert-OH is 2. The molecule has 2 unspecified atom stereocenters. The van der Waals surface area contributed by atoms with Crippen LogP contribution in [0.2, 0.25) is 5.02 Å². The number of aliphatic imine (C=N–C) groups is 1. The van der Waals surface area contributed by atoms with Crippen molar-refractivity contribution in [1.29, 1.82) is 0 Å². The summed E-state index contributed by atoms with van der Waals surface area (Å²) in [4.78, 5) is 21.0. The first kappa shape index (κ1) is 32.7. The minimum Gasteiger partial charge on any atom is -0.461 e. The van der Waals surface area contributed by atoms with Gasteiger partial charge >= 0.3 is 5.97 Å². The molecule has 6 atom stereocenters. The molecular weight excluding hydrogens is 586 g/mol. The molecule has 0 aliphatic carbocycles.